The van der Waals surface area contributed by atoms with Crippen LogP contribution in [-0.2, 0) is 16.1 Å². The zero-order valence-electron chi connectivity index (χ0n) is 22.5. The van der Waals surface area contributed by atoms with Crippen molar-refractivity contribution in [2.24, 2.45) is 5.92 Å². The van der Waals surface area contributed by atoms with Crippen molar-refractivity contribution in [3.63, 3.8) is 0 Å². The van der Waals surface area contributed by atoms with Crippen molar-refractivity contribution in [1.82, 2.24) is 9.47 Å². The number of ether oxygens (including phenoxy) is 1. The summed E-state index contributed by atoms with van der Waals surface area (Å²) in [6, 6.07) is 11.8. The molecule has 4 rings (SSSR count). The molecule has 37 heavy (non-hydrogen) atoms. The number of aryl methyl sites for hydroxylation is 1. The van der Waals surface area contributed by atoms with Gasteiger partial charge in [0, 0.05) is 31.7 Å². The Bertz CT molecular complexity index is 1280. The van der Waals surface area contributed by atoms with Crippen molar-refractivity contribution >= 4 is 45.0 Å². The molecular formula is C29H37N3O4S. The SMILES string of the molecule is CCN(C(=O)Cn1c(C(=O)CC2CCN(C(=O)OC(C)(C)C)CC2)cc2sccc21)c1cccc(C)c1. The molecule has 2 aromatic heterocycles. The number of rotatable bonds is 7. The van der Waals surface area contributed by atoms with Crippen LogP contribution in [0.3, 0.4) is 0 Å². The Balaban J connectivity index is 1.45. The maximum absolute atomic E-state index is 13.5. The number of anilines is 1. The Morgan fingerprint density at radius 3 is 2.49 bits per heavy atom. The number of thiophene rings is 1. The summed E-state index contributed by atoms with van der Waals surface area (Å²) in [5.41, 5.74) is 2.95. The molecule has 1 aliphatic rings. The molecule has 0 atom stereocenters. The van der Waals surface area contributed by atoms with E-state index in [1.54, 1.807) is 21.1 Å². The van der Waals surface area contributed by atoms with Crippen LogP contribution in [0.25, 0.3) is 10.2 Å². The maximum atomic E-state index is 13.5. The first-order chi connectivity index (χ1) is 17.6. The Morgan fingerprint density at radius 1 is 1.11 bits per heavy atom. The Labute approximate surface area is 223 Å². The van der Waals surface area contributed by atoms with Gasteiger partial charge in [-0.2, -0.15) is 0 Å². The maximum Gasteiger partial charge on any atom is 0.410 e. The van der Waals surface area contributed by atoms with Gasteiger partial charge in [-0.3, -0.25) is 9.59 Å². The average molecular weight is 524 g/mol. The van der Waals surface area contributed by atoms with Crippen LogP contribution in [0, 0.1) is 12.8 Å². The van der Waals surface area contributed by atoms with Gasteiger partial charge in [0.25, 0.3) is 0 Å². The third kappa shape index (κ3) is 6.42. The van der Waals surface area contributed by atoms with Crippen molar-refractivity contribution in [3.8, 4) is 0 Å². The lowest BCUT2D eigenvalue weighted by atomic mass is 9.91. The molecule has 1 aliphatic heterocycles. The minimum absolute atomic E-state index is 0.0449. The highest BCUT2D eigenvalue weighted by Gasteiger charge is 2.29. The number of likely N-dealkylation sites (N-methyl/N-ethyl adjacent to an activating group) is 1. The molecule has 7 nitrogen and oxygen atoms in total. The third-order valence-corrected chi connectivity index (χ3v) is 7.63. The van der Waals surface area contributed by atoms with Gasteiger partial charge >= 0.3 is 6.09 Å². The van der Waals surface area contributed by atoms with Crippen LogP contribution in [0.4, 0.5) is 10.5 Å². The largest absolute Gasteiger partial charge is 0.444 e. The normalized spacial score (nSPS) is 14.7. The Kier molecular flexibility index (Phi) is 8.07. The van der Waals surface area contributed by atoms with Crippen LogP contribution >= 0.6 is 11.3 Å². The van der Waals surface area contributed by atoms with E-state index in [-0.39, 0.29) is 30.2 Å². The van der Waals surface area contributed by atoms with Gasteiger partial charge in [-0.1, -0.05) is 12.1 Å². The number of carbonyl (C=O) groups excluding carboxylic acids is 3. The zero-order chi connectivity index (χ0) is 26.7. The standard InChI is InChI=1S/C29H37N3O4S/c1-6-31(22-9-7-8-20(2)16-22)27(34)19-32-23-12-15-37-26(23)18-24(32)25(33)17-21-10-13-30(14-11-21)28(35)36-29(3,4)5/h7-9,12,15-16,18,21H,6,10-11,13-14,17,19H2,1-5H3. The fraction of sp³-hybridized carbons (Fsp3) is 0.483. The minimum Gasteiger partial charge on any atom is -0.444 e. The number of piperidine rings is 1. The molecule has 0 aliphatic carbocycles. The van der Waals surface area contributed by atoms with Gasteiger partial charge in [-0.25, -0.2) is 4.79 Å². The number of likely N-dealkylation sites (tertiary alicyclic amines) is 1. The summed E-state index contributed by atoms with van der Waals surface area (Å²) in [7, 11) is 0. The molecule has 0 unspecified atom stereocenters. The van der Waals surface area contributed by atoms with Crippen LogP contribution < -0.4 is 4.90 Å². The highest BCUT2D eigenvalue weighted by molar-refractivity contribution is 7.17. The first-order valence-corrected chi connectivity index (χ1v) is 13.9. The number of Topliss-reactive ketones (excluding diaryl/α,β-unsaturated/α-hetero) is 1. The molecule has 8 heteroatoms. The molecule has 0 radical (unpaired) electrons. The number of fused-ring (bicyclic) bond motifs is 1. The van der Waals surface area contributed by atoms with E-state index in [1.165, 1.54) is 0 Å². The predicted molar refractivity (Wildman–Crippen MR) is 148 cm³/mol. The lowest BCUT2D eigenvalue weighted by Gasteiger charge is -2.33. The second-order valence-corrected chi connectivity index (χ2v) is 11.7. The fourth-order valence-electron chi connectivity index (χ4n) is 4.91. The predicted octanol–water partition coefficient (Wildman–Crippen LogP) is 6.28. The number of amides is 2. The first-order valence-electron chi connectivity index (χ1n) is 13.0. The van der Waals surface area contributed by atoms with Crippen LogP contribution in [0.2, 0.25) is 0 Å². The molecule has 0 saturated carbocycles. The molecule has 198 valence electrons. The number of aromatic nitrogens is 1. The lowest BCUT2D eigenvalue weighted by Crippen LogP contribution is -2.42. The number of carbonyl (C=O) groups is 3. The van der Waals surface area contributed by atoms with E-state index in [2.05, 4.69) is 0 Å². The zero-order valence-corrected chi connectivity index (χ0v) is 23.3. The van der Waals surface area contributed by atoms with Gasteiger partial charge in [0.2, 0.25) is 5.91 Å². The highest BCUT2D eigenvalue weighted by atomic mass is 32.1. The lowest BCUT2D eigenvalue weighted by molar-refractivity contribution is -0.119. The fourth-order valence-corrected chi connectivity index (χ4v) is 5.73. The number of ketones is 1. The summed E-state index contributed by atoms with van der Waals surface area (Å²) in [6.07, 6.45) is 1.63. The van der Waals surface area contributed by atoms with E-state index >= 15 is 0 Å². The molecule has 1 aromatic carbocycles. The third-order valence-electron chi connectivity index (χ3n) is 6.77. The summed E-state index contributed by atoms with van der Waals surface area (Å²) in [6.45, 7) is 11.4. The van der Waals surface area contributed by atoms with Gasteiger partial charge in [-0.05, 0) is 88.6 Å². The second-order valence-electron chi connectivity index (χ2n) is 10.8. The van der Waals surface area contributed by atoms with Crippen molar-refractivity contribution in [2.45, 2.75) is 66.0 Å². The van der Waals surface area contributed by atoms with Gasteiger partial charge in [0.05, 0.1) is 15.9 Å². The topological polar surface area (TPSA) is 71.9 Å². The second kappa shape index (κ2) is 11.1. The number of benzene rings is 1. The van der Waals surface area contributed by atoms with Gasteiger partial charge in [0.15, 0.2) is 5.78 Å². The minimum atomic E-state index is -0.522. The van der Waals surface area contributed by atoms with E-state index in [4.69, 9.17) is 4.74 Å². The van der Waals surface area contributed by atoms with E-state index < -0.39 is 5.60 Å². The summed E-state index contributed by atoms with van der Waals surface area (Å²) in [5.74, 6) is 0.199. The number of hydrogen-bond acceptors (Lipinski definition) is 5. The van der Waals surface area contributed by atoms with Crippen molar-refractivity contribution < 1.29 is 19.1 Å². The summed E-state index contributed by atoms with van der Waals surface area (Å²) in [5, 5.41) is 1.99. The van der Waals surface area contributed by atoms with E-state index in [0.29, 0.717) is 31.7 Å². The Hall–Kier alpha value is -3.13. The van der Waals surface area contributed by atoms with Gasteiger partial charge in [-0.15, -0.1) is 11.3 Å². The molecule has 3 aromatic rings. The molecule has 0 spiro atoms. The van der Waals surface area contributed by atoms with Gasteiger partial charge < -0.3 is 19.1 Å². The monoisotopic (exact) mass is 523 g/mol. The van der Waals surface area contributed by atoms with Crippen LogP contribution in [-0.4, -0.2) is 52.5 Å². The molecule has 2 amide bonds. The van der Waals surface area contributed by atoms with Crippen LogP contribution in [0.15, 0.2) is 41.8 Å². The molecular weight excluding hydrogens is 486 g/mol. The Morgan fingerprint density at radius 2 is 1.84 bits per heavy atom. The van der Waals surface area contributed by atoms with E-state index in [1.807, 2.05) is 81.0 Å². The van der Waals surface area contributed by atoms with E-state index in [9.17, 15) is 14.4 Å². The summed E-state index contributed by atoms with van der Waals surface area (Å²) >= 11 is 1.58. The van der Waals surface area contributed by atoms with E-state index in [0.717, 1.165) is 34.3 Å². The quantitative estimate of drug-likeness (QED) is 0.342. The number of hydrogen-bond donors (Lipinski definition) is 0. The molecule has 1 fully saturated rings. The summed E-state index contributed by atoms with van der Waals surface area (Å²) < 4.78 is 8.38. The number of nitrogens with zero attached hydrogens (tertiary/aromatic N) is 3. The molecule has 0 N–H and O–H groups in total. The smallest absolute Gasteiger partial charge is 0.410 e. The highest BCUT2D eigenvalue weighted by Crippen LogP contribution is 2.29. The van der Waals surface area contributed by atoms with Crippen molar-refractivity contribution in [2.75, 3.05) is 24.5 Å². The van der Waals surface area contributed by atoms with Crippen LogP contribution in [0.1, 0.15) is 63.0 Å². The summed E-state index contributed by atoms with van der Waals surface area (Å²) in [4.78, 5) is 42.8. The molecule has 3 heterocycles. The average Bonchev–Trinajstić information content (AvgIpc) is 3.42. The molecule has 0 bridgehead atoms. The molecule has 1 saturated heterocycles. The van der Waals surface area contributed by atoms with Crippen molar-refractivity contribution in [1.29, 1.82) is 0 Å². The van der Waals surface area contributed by atoms with Crippen LogP contribution in [0.5, 0.6) is 0 Å². The first kappa shape index (κ1) is 26.9. The van der Waals surface area contributed by atoms with Gasteiger partial charge in [0.1, 0.15) is 12.1 Å². The van der Waals surface area contributed by atoms with Crippen molar-refractivity contribution in [3.05, 3.63) is 53.0 Å².